The summed E-state index contributed by atoms with van der Waals surface area (Å²) in [5.74, 6) is 14.4. The number of aryl methyl sites for hydroxylation is 2. The first-order chi connectivity index (χ1) is 27.6. The van der Waals surface area contributed by atoms with Crippen LogP contribution in [0.3, 0.4) is 0 Å². The standard InChI is InChI=1S/C42H52N8O6S2/c1-21(2)35(47-41(53)55-9)39(51)49-19-23(5)15-31(49)37-43-25(7)29(45-37)13-11-27-17-33-34(57-27)18-28(58-33)12-14-30-26(8)44-38(46-30)32-16-24(6)20-50(32)40(52)36(22(3)4)48-42(54)56-10/h17-18,21-24,31-32,35-36H,15-16,19-20H2,1-10H3,(H,43,45)(H,44,46)(H,47,53)(H,48,54)/t23-,24-,31-,32-,35-,36-/m0/s1. The third-order valence-electron chi connectivity index (χ3n) is 10.6. The molecule has 0 aromatic carbocycles. The molecule has 308 valence electrons. The second kappa shape index (κ2) is 17.7. The molecule has 0 bridgehead atoms. The lowest BCUT2D eigenvalue weighted by atomic mass is 10.0. The van der Waals surface area contributed by atoms with E-state index in [1.165, 1.54) is 14.2 Å². The normalized spacial score (nSPS) is 20.1. The highest BCUT2D eigenvalue weighted by molar-refractivity contribution is 7.28. The number of likely N-dealkylation sites (tertiary alicyclic amines) is 2. The van der Waals surface area contributed by atoms with Gasteiger partial charge in [0.05, 0.1) is 36.1 Å². The van der Waals surface area contributed by atoms with E-state index >= 15 is 0 Å². The van der Waals surface area contributed by atoms with E-state index < -0.39 is 24.3 Å². The van der Waals surface area contributed by atoms with Crippen molar-refractivity contribution in [1.82, 2.24) is 40.4 Å². The Bertz CT molecular complexity index is 2130. The summed E-state index contributed by atoms with van der Waals surface area (Å²) < 4.78 is 11.7. The minimum atomic E-state index is -0.712. The van der Waals surface area contributed by atoms with E-state index in [0.29, 0.717) is 36.1 Å². The van der Waals surface area contributed by atoms with Crippen LogP contribution in [0.4, 0.5) is 9.59 Å². The molecule has 0 saturated carbocycles. The van der Waals surface area contributed by atoms with Crippen molar-refractivity contribution in [2.45, 2.75) is 92.4 Å². The number of nitrogens with one attached hydrogen (secondary N) is 4. The summed E-state index contributed by atoms with van der Waals surface area (Å²) >= 11 is 3.18. The number of ether oxygens (including phenoxy) is 2. The summed E-state index contributed by atoms with van der Waals surface area (Å²) in [6.07, 6.45) is 0.227. The maximum Gasteiger partial charge on any atom is 0.407 e. The number of alkyl carbamates (subject to hydrolysis) is 2. The molecule has 6 heterocycles. The quantitative estimate of drug-likeness (QED) is 0.148. The molecule has 6 atom stereocenters. The van der Waals surface area contributed by atoms with E-state index in [1.54, 1.807) is 22.7 Å². The van der Waals surface area contributed by atoms with Crippen LogP contribution in [0.25, 0.3) is 9.40 Å². The number of carbonyl (C=O) groups excluding carboxylic acids is 4. The lowest BCUT2D eigenvalue weighted by Gasteiger charge is -2.30. The van der Waals surface area contributed by atoms with Gasteiger partial charge < -0.3 is 39.9 Å². The zero-order valence-corrected chi connectivity index (χ0v) is 36.3. The Kier molecular flexibility index (Phi) is 12.9. The molecule has 0 unspecified atom stereocenters. The molecule has 0 aliphatic carbocycles. The third-order valence-corrected chi connectivity index (χ3v) is 12.7. The average molecular weight is 829 g/mol. The summed E-state index contributed by atoms with van der Waals surface area (Å²) in [7, 11) is 2.57. The van der Waals surface area contributed by atoms with Crippen LogP contribution in [-0.4, -0.2) is 93.1 Å². The summed E-state index contributed by atoms with van der Waals surface area (Å²) in [6.45, 7) is 16.8. The highest BCUT2D eigenvalue weighted by Crippen LogP contribution is 2.37. The minimum absolute atomic E-state index is 0.124. The lowest BCUT2D eigenvalue weighted by molar-refractivity contribution is -0.136. The zero-order valence-electron chi connectivity index (χ0n) is 34.7. The number of aromatic amines is 2. The van der Waals surface area contributed by atoms with Gasteiger partial charge in [0.1, 0.15) is 35.1 Å². The Morgan fingerprint density at radius 1 is 0.707 bits per heavy atom. The topological polar surface area (TPSA) is 175 Å². The number of aromatic nitrogens is 4. The Morgan fingerprint density at radius 2 is 1.09 bits per heavy atom. The lowest BCUT2D eigenvalue weighted by Crippen LogP contribution is -2.51. The Hall–Kier alpha value is -5.32. The van der Waals surface area contributed by atoms with Crippen LogP contribution in [0.5, 0.6) is 0 Å². The number of nitrogens with zero attached hydrogens (tertiary/aromatic N) is 4. The van der Waals surface area contributed by atoms with Gasteiger partial charge in [0.25, 0.3) is 0 Å². The molecule has 0 radical (unpaired) electrons. The number of H-pyrrole nitrogens is 2. The highest BCUT2D eigenvalue weighted by atomic mass is 32.1. The number of carbonyl (C=O) groups is 4. The third kappa shape index (κ3) is 9.19. The van der Waals surface area contributed by atoms with Gasteiger partial charge in [-0.1, -0.05) is 41.5 Å². The van der Waals surface area contributed by atoms with Gasteiger partial charge in [-0.05, 0) is 86.2 Å². The van der Waals surface area contributed by atoms with Crippen molar-refractivity contribution in [2.75, 3.05) is 27.3 Å². The predicted molar refractivity (Wildman–Crippen MR) is 223 cm³/mol. The molecule has 4 N–H and O–H groups in total. The van der Waals surface area contributed by atoms with Gasteiger partial charge in [0.15, 0.2) is 0 Å². The van der Waals surface area contributed by atoms with Crippen molar-refractivity contribution in [1.29, 1.82) is 0 Å². The van der Waals surface area contributed by atoms with Crippen molar-refractivity contribution < 1.29 is 28.7 Å². The van der Waals surface area contributed by atoms with E-state index in [4.69, 9.17) is 19.4 Å². The molecule has 4 amide bonds. The van der Waals surface area contributed by atoms with Gasteiger partial charge in [0, 0.05) is 33.9 Å². The molecule has 0 spiro atoms. The van der Waals surface area contributed by atoms with Gasteiger partial charge in [-0.3, -0.25) is 9.59 Å². The van der Waals surface area contributed by atoms with Gasteiger partial charge in [-0.25, -0.2) is 19.6 Å². The van der Waals surface area contributed by atoms with Crippen molar-refractivity contribution in [2.24, 2.45) is 23.7 Å². The van der Waals surface area contributed by atoms with E-state index in [0.717, 1.165) is 43.4 Å². The number of thiophene rings is 2. The number of amides is 4. The van der Waals surface area contributed by atoms with Crippen LogP contribution in [0, 0.1) is 61.2 Å². The number of hydrogen-bond acceptors (Lipinski definition) is 10. The second-order valence-corrected chi connectivity index (χ2v) is 18.2. The van der Waals surface area contributed by atoms with E-state index in [-0.39, 0.29) is 47.6 Å². The van der Waals surface area contributed by atoms with Crippen LogP contribution in [0.15, 0.2) is 12.1 Å². The molecular weight excluding hydrogens is 777 g/mol. The van der Waals surface area contributed by atoms with Gasteiger partial charge in [-0.15, -0.1) is 22.7 Å². The molecular formula is C42H52N8O6S2. The first-order valence-corrected chi connectivity index (χ1v) is 21.2. The highest BCUT2D eigenvalue weighted by Gasteiger charge is 2.42. The molecule has 4 aromatic heterocycles. The predicted octanol–water partition coefficient (Wildman–Crippen LogP) is 6.41. The summed E-state index contributed by atoms with van der Waals surface area (Å²) in [5, 5.41) is 5.41. The van der Waals surface area contributed by atoms with Gasteiger partial charge in [0.2, 0.25) is 11.8 Å². The van der Waals surface area contributed by atoms with E-state index in [2.05, 4.69) is 70.3 Å². The number of rotatable bonds is 8. The largest absolute Gasteiger partial charge is 0.453 e. The maximum atomic E-state index is 13.7. The fourth-order valence-electron chi connectivity index (χ4n) is 7.58. The molecule has 16 heteroatoms. The molecule has 58 heavy (non-hydrogen) atoms. The molecule has 2 saturated heterocycles. The van der Waals surface area contributed by atoms with E-state index in [1.807, 2.05) is 51.3 Å². The summed E-state index contributed by atoms with van der Waals surface area (Å²) in [6, 6.07) is 2.19. The van der Waals surface area contributed by atoms with Crippen molar-refractivity contribution in [3.63, 3.8) is 0 Å². The Morgan fingerprint density at radius 3 is 1.43 bits per heavy atom. The number of imidazole rings is 2. The zero-order chi connectivity index (χ0) is 42.0. The number of methoxy groups -OCH3 is 2. The van der Waals surface area contributed by atoms with Crippen LogP contribution in [-0.2, 0) is 19.1 Å². The van der Waals surface area contributed by atoms with Crippen LogP contribution in [0.1, 0.15) is 111 Å². The first-order valence-electron chi connectivity index (χ1n) is 19.6. The SMILES string of the molecule is COC(=O)N[C@H](C(=O)N1C[C@@H](C)C[C@H]1c1nc(C#Cc2cc3sc(C#Cc4nc([C@@H]5C[C@H](C)CN5C(=O)[C@@H](NC(=O)OC)C(C)C)[nH]c4C)cc3s2)c(C)[nH]1)C(C)C. The average Bonchev–Trinajstić information content (AvgIpc) is 4.03. The summed E-state index contributed by atoms with van der Waals surface area (Å²) in [4.78, 5) is 73.3. The van der Waals surface area contributed by atoms with Crippen molar-refractivity contribution in [3.8, 4) is 23.7 Å². The van der Waals surface area contributed by atoms with Crippen molar-refractivity contribution >= 4 is 56.1 Å². The Labute approximate surface area is 347 Å². The fraction of sp³-hybridized carbons (Fsp3) is 0.524. The first kappa shape index (κ1) is 42.3. The molecule has 2 fully saturated rings. The van der Waals surface area contributed by atoms with Crippen LogP contribution < -0.4 is 10.6 Å². The smallest absolute Gasteiger partial charge is 0.407 e. The minimum Gasteiger partial charge on any atom is -0.453 e. The van der Waals surface area contributed by atoms with Gasteiger partial charge in [-0.2, -0.15) is 0 Å². The molecule has 2 aliphatic heterocycles. The monoisotopic (exact) mass is 828 g/mol. The molecule has 4 aromatic rings. The van der Waals surface area contributed by atoms with Crippen LogP contribution >= 0.6 is 22.7 Å². The number of fused-ring (bicyclic) bond motifs is 1. The molecule has 14 nitrogen and oxygen atoms in total. The van der Waals surface area contributed by atoms with E-state index in [9.17, 15) is 19.2 Å². The molecule has 6 rings (SSSR count). The van der Waals surface area contributed by atoms with Crippen LogP contribution in [0.2, 0.25) is 0 Å². The number of hydrogen-bond donors (Lipinski definition) is 4. The second-order valence-electron chi connectivity index (χ2n) is 16.1. The maximum absolute atomic E-state index is 13.7. The van der Waals surface area contributed by atoms with Crippen molar-refractivity contribution in [3.05, 3.63) is 56.3 Å². The van der Waals surface area contributed by atoms with Gasteiger partial charge >= 0.3 is 12.2 Å². The summed E-state index contributed by atoms with van der Waals surface area (Å²) in [5.41, 5.74) is 2.91. The fourth-order valence-corrected chi connectivity index (χ4v) is 9.68. The Balaban J connectivity index is 1.15. The molecule has 2 aliphatic rings.